The minimum absolute atomic E-state index is 0.165. The summed E-state index contributed by atoms with van der Waals surface area (Å²) in [6, 6.07) is -0.713. The number of halogens is 1. The van der Waals surface area contributed by atoms with Crippen molar-refractivity contribution in [3.63, 3.8) is 0 Å². The number of rotatable bonds is 3. The van der Waals surface area contributed by atoms with E-state index in [0.717, 1.165) is 0 Å². The second kappa shape index (κ2) is 4.11. The molecule has 0 aliphatic heterocycles. The topological polar surface area (TPSA) is 66.4 Å². The fraction of sp³-hybridized carbons (Fsp3) is 0.600. The van der Waals surface area contributed by atoms with Crippen LogP contribution >= 0.6 is 11.6 Å². The van der Waals surface area contributed by atoms with Crippen LogP contribution in [0.3, 0.4) is 0 Å². The molecule has 0 aliphatic rings. The van der Waals surface area contributed by atoms with E-state index in [1.165, 1.54) is 6.92 Å². The molecular weight excluding hydrogens is 158 g/mol. The molecule has 0 unspecified atom stereocenters. The smallest absolute Gasteiger partial charge is 0.405 e. The van der Waals surface area contributed by atoms with E-state index in [4.69, 9.17) is 16.7 Å². The van der Waals surface area contributed by atoms with Crippen LogP contribution in [0.15, 0.2) is 0 Å². The summed E-state index contributed by atoms with van der Waals surface area (Å²) in [6.45, 7) is 1.44. The Morgan fingerprint density at radius 2 is 2.20 bits per heavy atom. The lowest BCUT2D eigenvalue weighted by molar-refractivity contribution is -0.118. The zero-order chi connectivity index (χ0) is 8.15. The number of alkyl halides is 1. The normalized spacial score (nSPS) is 12.2. The van der Waals surface area contributed by atoms with E-state index < -0.39 is 12.1 Å². The summed E-state index contributed by atoms with van der Waals surface area (Å²) in [5, 5.41) is 10.1. The van der Waals surface area contributed by atoms with Gasteiger partial charge in [0, 0.05) is 0 Å². The molecule has 0 bridgehead atoms. The summed E-state index contributed by atoms with van der Waals surface area (Å²) < 4.78 is 0. The Kier molecular flexibility index (Phi) is 3.79. The molecule has 0 aromatic heterocycles. The van der Waals surface area contributed by atoms with Gasteiger partial charge in [0.2, 0.25) is 0 Å². The van der Waals surface area contributed by atoms with Gasteiger partial charge in [0.05, 0.1) is 11.9 Å². The fourth-order valence-electron chi connectivity index (χ4n) is 0.381. The molecule has 0 rings (SSSR count). The average molecular weight is 166 g/mol. The van der Waals surface area contributed by atoms with E-state index >= 15 is 0 Å². The zero-order valence-corrected chi connectivity index (χ0v) is 6.18. The van der Waals surface area contributed by atoms with Crippen molar-refractivity contribution in [2.24, 2.45) is 0 Å². The molecule has 0 aliphatic carbocycles. The lowest BCUT2D eigenvalue weighted by Crippen LogP contribution is -2.38. The predicted molar refractivity (Wildman–Crippen MR) is 36.3 cm³/mol. The molecule has 4 nitrogen and oxygen atoms in total. The van der Waals surface area contributed by atoms with Gasteiger partial charge in [0.15, 0.2) is 5.78 Å². The quantitative estimate of drug-likeness (QED) is 0.597. The minimum atomic E-state index is -1.22. The maximum absolute atomic E-state index is 10.6. The molecule has 2 N–H and O–H groups in total. The molecule has 0 spiro atoms. The minimum Gasteiger partial charge on any atom is -0.465 e. The Morgan fingerprint density at radius 3 is 2.50 bits per heavy atom. The van der Waals surface area contributed by atoms with Crippen LogP contribution in [0.5, 0.6) is 0 Å². The molecule has 5 heteroatoms. The molecule has 0 aromatic carbocycles. The van der Waals surface area contributed by atoms with E-state index in [-0.39, 0.29) is 11.7 Å². The van der Waals surface area contributed by atoms with Crippen molar-refractivity contribution < 1.29 is 14.7 Å². The van der Waals surface area contributed by atoms with Gasteiger partial charge in [-0.3, -0.25) is 4.79 Å². The van der Waals surface area contributed by atoms with Gasteiger partial charge in [-0.15, -0.1) is 11.6 Å². The highest BCUT2D eigenvalue weighted by Gasteiger charge is 2.12. The Hall–Kier alpha value is -0.770. The number of carbonyl (C=O) groups excluding carboxylic acids is 1. The van der Waals surface area contributed by atoms with E-state index in [1.807, 2.05) is 5.32 Å². The van der Waals surface area contributed by atoms with Crippen LogP contribution in [0.4, 0.5) is 4.79 Å². The standard InChI is InChI=1S/C5H8ClNO3/c1-3(4(8)2-6)7-5(9)10/h3,7H,2H2,1H3,(H,9,10)/t3-/m1/s1. The molecule has 1 atom stereocenters. The largest absolute Gasteiger partial charge is 0.465 e. The van der Waals surface area contributed by atoms with Crippen molar-refractivity contribution in [3.8, 4) is 0 Å². The summed E-state index contributed by atoms with van der Waals surface area (Å²) >= 11 is 5.15. The highest BCUT2D eigenvalue weighted by atomic mass is 35.5. The number of carboxylic acid groups (broad SMARTS) is 1. The maximum Gasteiger partial charge on any atom is 0.405 e. The van der Waals surface area contributed by atoms with Crippen molar-refractivity contribution in [3.05, 3.63) is 0 Å². The lowest BCUT2D eigenvalue weighted by Gasteiger charge is -2.06. The Labute approximate surface area is 63.2 Å². The van der Waals surface area contributed by atoms with Crippen molar-refractivity contribution in [2.75, 3.05) is 5.88 Å². The van der Waals surface area contributed by atoms with Crippen LogP contribution in [0, 0.1) is 0 Å². The third-order valence-corrected chi connectivity index (χ3v) is 1.22. The third-order valence-electron chi connectivity index (χ3n) is 0.955. The maximum atomic E-state index is 10.6. The Morgan fingerprint density at radius 1 is 1.70 bits per heavy atom. The monoisotopic (exact) mass is 165 g/mol. The molecule has 0 saturated heterocycles. The molecule has 0 fully saturated rings. The molecule has 0 heterocycles. The van der Waals surface area contributed by atoms with Crippen molar-refractivity contribution in [1.29, 1.82) is 0 Å². The number of carbonyl (C=O) groups is 2. The number of Topliss-reactive ketones (excluding diaryl/α,β-unsaturated/α-hetero) is 1. The summed E-state index contributed by atoms with van der Waals surface area (Å²) in [7, 11) is 0. The highest BCUT2D eigenvalue weighted by Crippen LogP contribution is 1.87. The molecule has 10 heavy (non-hydrogen) atoms. The van der Waals surface area contributed by atoms with Gasteiger partial charge in [0.1, 0.15) is 0 Å². The summed E-state index contributed by atoms with van der Waals surface area (Å²) in [6.07, 6.45) is -1.22. The summed E-state index contributed by atoms with van der Waals surface area (Å²) in [5.41, 5.74) is 0. The van der Waals surface area contributed by atoms with E-state index in [0.29, 0.717) is 0 Å². The van der Waals surface area contributed by atoms with Crippen molar-refractivity contribution >= 4 is 23.5 Å². The molecule has 1 amide bonds. The van der Waals surface area contributed by atoms with E-state index in [1.54, 1.807) is 0 Å². The number of hydrogen-bond acceptors (Lipinski definition) is 2. The van der Waals surface area contributed by atoms with Crippen LogP contribution in [0.1, 0.15) is 6.92 Å². The number of hydrogen-bond donors (Lipinski definition) is 2. The SMILES string of the molecule is C[C@@H](NC(=O)O)C(=O)CCl. The molecule has 58 valence electrons. The first-order chi connectivity index (χ1) is 4.57. The summed E-state index contributed by atoms with van der Waals surface area (Å²) in [4.78, 5) is 20.5. The summed E-state index contributed by atoms with van der Waals surface area (Å²) in [5.74, 6) is -0.495. The van der Waals surface area contributed by atoms with Crippen molar-refractivity contribution in [1.82, 2.24) is 5.32 Å². The molecule has 0 saturated carbocycles. The van der Waals surface area contributed by atoms with Gasteiger partial charge in [-0.25, -0.2) is 4.79 Å². The van der Waals surface area contributed by atoms with Crippen LogP contribution < -0.4 is 5.32 Å². The van der Waals surface area contributed by atoms with Gasteiger partial charge in [-0.2, -0.15) is 0 Å². The van der Waals surface area contributed by atoms with Gasteiger partial charge >= 0.3 is 6.09 Å². The van der Waals surface area contributed by atoms with Crippen LogP contribution in [0.2, 0.25) is 0 Å². The Bertz CT molecular complexity index is 148. The van der Waals surface area contributed by atoms with Crippen LogP contribution in [-0.4, -0.2) is 28.9 Å². The van der Waals surface area contributed by atoms with Gasteiger partial charge in [-0.1, -0.05) is 0 Å². The first-order valence-electron chi connectivity index (χ1n) is 2.66. The number of nitrogens with one attached hydrogen (secondary N) is 1. The van der Waals surface area contributed by atoms with E-state index in [9.17, 15) is 9.59 Å². The first kappa shape index (κ1) is 9.23. The van der Waals surface area contributed by atoms with Gasteiger partial charge in [-0.05, 0) is 6.92 Å². The number of ketones is 1. The van der Waals surface area contributed by atoms with Crippen molar-refractivity contribution in [2.45, 2.75) is 13.0 Å². The Balaban J connectivity index is 3.72. The van der Waals surface area contributed by atoms with Crippen LogP contribution in [-0.2, 0) is 4.79 Å². The predicted octanol–water partition coefficient (Wildman–Crippen LogP) is 0.450. The average Bonchev–Trinajstić information content (AvgIpc) is 1.85. The second-order valence-corrected chi connectivity index (χ2v) is 2.04. The second-order valence-electron chi connectivity index (χ2n) is 1.77. The van der Waals surface area contributed by atoms with Gasteiger partial charge < -0.3 is 10.4 Å². The van der Waals surface area contributed by atoms with Gasteiger partial charge in [0.25, 0.3) is 0 Å². The highest BCUT2D eigenvalue weighted by molar-refractivity contribution is 6.28. The first-order valence-corrected chi connectivity index (χ1v) is 3.19. The molecular formula is C5H8ClNO3. The third kappa shape index (κ3) is 3.29. The van der Waals surface area contributed by atoms with E-state index in [2.05, 4.69) is 0 Å². The molecule has 0 aromatic rings. The lowest BCUT2D eigenvalue weighted by atomic mass is 10.2. The van der Waals surface area contributed by atoms with Crippen LogP contribution in [0.25, 0.3) is 0 Å². The fourth-order valence-corrected chi connectivity index (χ4v) is 0.613. The zero-order valence-electron chi connectivity index (χ0n) is 5.43. The molecule has 0 radical (unpaired) electrons. The number of amides is 1.